The molecular formula is C19H16. The number of benzene rings is 2. The van der Waals surface area contributed by atoms with Crippen LogP contribution in [0.4, 0.5) is 0 Å². The molecule has 0 nitrogen and oxygen atoms in total. The molecule has 1 aliphatic carbocycles. The van der Waals surface area contributed by atoms with E-state index in [9.17, 15) is 0 Å². The molecule has 0 aromatic heterocycles. The first kappa shape index (κ1) is 11.7. The van der Waals surface area contributed by atoms with Crippen LogP contribution in [0.15, 0.2) is 84.5 Å². The van der Waals surface area contributed by atoms with Gasteiger partial charge in [0.2, 0.25) is 0 Å². The van der Waals surface area contributed by atoms with Crippen molar-refractivity contribution in [2.24, 2.45) is 0 Å². The highest BCUT2D eigenvalue weighted by molar-refractivity contribution is 5.64. The van der Waals surface area contributed by atoms with Crippen molar-refractivity contribution in [1.82, 2.24) is 0 Å². The van der Waals surface area contributed by atoms with Crippen molar-refractivity contribution in [2.75, 3.05) is 0 Å². The first-order chi connectivity index (χ1) is 9.42. The lowest BCUT2D eigenvalue weighted by molar-refractivity contribution is 1.18. The third-order valence-corrected chi connectivity index (χ3v) is 3.30. The van der Waals surface area contributed by atoms with Crippen LogP contribution >= 0.6 is 0 Å². The molecular weight excluding hydrogens is 228 g/mol. The lowest BCUT2D eigenvalue weighted by atomic mass is 9.98. The van der Waals surface area contributed by atoms with Crippen LogP contribution in [0.2, 0.25) is 0 Å². The summed E-state index contributed by atoms with van der Waals surface area (Å²) in [5.74, 6) is 0. The Morgan fingerprint density at radius 2 is 1.42 bits per heavy atom. The SMILES string of the molecule is C1=CC(=Cc2ccccc2Cc2ccccc2)C=C1. The number of rotatable bonds is 3. The van der Waals surface area contributed by atoms with Crippen LogP contribution in [0.1, 0.15) is 16.7 Å². The predicted octanol–water partition coefficient (Wildman–Crippen LogP) is 4.79. The summed E-state index contributed by atoms with van der Waals surface area (Å²) in [7, 11) is 0. The summed E-state index contributed by atoms with van der Waals surface area (Å²) in [6.45, 7) is 0. The van der Waals surface area contributed by atoms with Gasteiger partial charge in [0.25, 0.3) is 0 Å². The fourth-order valence-corrected chi connectivity index (χ4v) is 2.32. The quantitative estimate of drug-likeness (QED) is 0.728. The Kier molecular flexibility index (Phi) is 3.42. The summed E-state index contributed by atoms with van der Waals surface area (Å²) in [6.07, 6.45) is 11.7. The van der Waals surface area contributed by atoms with Crippen molar-refractivity contribution in [1.29, 1.82) is 0 Å². The Morgan fingerprint density at radius 3 is 2.21 bits per heavy atom. The number of hydrogen-bond acceptors (Lipinski definition) is 0. The van der Waals surface area contributed by atoms with Crippen molar-refractivity contribution in [3.05, 3.63) is 101 Å². The van der Waals surface area contributed by atoms with Crippen molar-refractivity contribution >= 4 is 6.08 Å². The van der Waals surface area contributed by atoms with E-state index < -0.39 is 0 Å². The molecule has 2 aromatic carbocycles. The molecule has 0 saturated carbocycles. The lowest BCUT2D eigenvalue weighted by Gasteiger charge is -2.06. The van der Waals surface area contributed by atoms with Crippen LogP contribution in [0.25, 0.3) is 6.08 Å². The predicted molar refractivity (Wildman–Crippen MR) is 81.9 cm³/mol. The lowest BCUT2D eigenvalue weighted by Crippen LogP contribution is -1.91. The van der Waals surface area contributed by atoms with E-state index in [0.29, 0.717) is 0 Å². The van der Waals surface area contributed by atoms with Gasteiger partial charge >= 0.3 is 0 Å². The molecule has 3 rings (SSSR count). The molecule has 0 saturated heterocycles. The van der Waals surface area contributed by atoms with Crippen LogP contribution in [0, 0.1) is 0 Å². The first-order valence-corrected chi connectivity index (χ1v) is 6.60. The van der Waals surface area contributed by atoms with Crippen molar-refractivity contribution in [2.45, 2.75) is 6.42 Å². The van der Waals surface area contributed by atoms with Crippen LogP contribution in [-0.2, 0) is 6.42 Å². The molecule has 19 heavy (non-hydrogen) atoms. The van der Waals surface area contributed by atoms with Crippen LogP contribution in [0.5, 0.6) is 0 Å². The molecule has 0 aliphatic heterocycles. The average molecular weight is 244 g/mol. The Bertz CT molecular complexity index is 629. The molecule has 0 atom stereocenters. The largest absolute Gasteiger partial charge is 0.0622 e. The summed E-state index contributed by atoms with van der Waals surface area (Å²) in [4.78, 5) is 0. The number of hydrogen-bond donors (Lipinski definition) is 0. The van der Waals surface area contributed by atoms with Gasteiger partial charge in [-0.3, -0.25) is 0 Å². The molecule has 2 aromatic rings. The van der Waals surface area contributed by atoms with E-state index in [0.717, 1.165) is 6.42 Å². The minimum atomic E-state index is 0.980. The van der Waals surface area contributed by atoms with Crippen molar-refractivity contribution < 1.29 is 0 Å². The molecule has 0 amide bonds. The van der Waals surface area contributed by atoms with E-state index in [1.165, 1.54) is 22.3 Å². The average Bonchev–Trinajstić information content (AvgIpc) is 2.95. The zero-order chi connectivity index (χ0) is 12.9. The van der Waals surface area contributed by atoms with Crippen LogP contribution in [0.3, 0.4) is 0 Å². The van der Waals surface area contributed by atoms with Gasteiger partial charge in [-0.25, -0.2) is 0 Å². The maximum Gasteiger partial charge on any atom is -0.00198 e. The van der Waals surface area contributed by atoms with Gasteiger partial charge in [-0.15, -0.1) is 0 Å². The smallest absolute Gasteiger partial charge is 0.00198 e. The highest BCUT2D eigenvalue weighted by Crippen LogP contribution is 2.19. The Labute approximate surface area is 114 Å². The van der Waals surface area contributed by atoms with Gasteiger partial charge in [0.1, 0.15) is 0 Å². The van der Waals surface area contributed by atoms with E-state index >= 15 is 0 Å². The second kappa shape index (κ2) is 5.53. The zero-order valence-corrected chi connectivity index (χ0v) is 10.8. The van der Waals surface area contributed by atoms with E-state index in [1.54, 1.807) is 0 Å². The fourth-order valence-electron chi connectivity index (χ4n) is 2.32. The molecule has 92 valence electrons. The highest BCUT2D eigenvalue weighted by Gasteiger charge is 2.02. The molecule has 0 unspecified atom stereocenters. The van der Waals surface area contributed by atoms with E-state index in [1.807, 2.05) is 0 Å². The van der Waals surface area contributed by atoms with Gasteiger partial charge in [-0.1, -0.05) is 78.9 Å². The molecule has 0 heterocycles. The Hall–Kier alpha value is -2.34. The third-order valence-electron chi connectivity index (χ3n) is 3.30. The Morgan fingerprint density at radius 1 is 0.737 bits per heavy atom. The van der Waals surface area contributed by atoms with Crippen molar-refractivity contribution in [3.8, 4) is 0 Å². The molecule has 0 fully saturated rings. The van der Waals surface area contributed by atoms with Gasteiger partial charge in [-0.05, 0) is 34.8 Å². The normalized spacial score (nSPS) is 12.9. The van der Waals surface area contributed by atoms with E-state index in [-0.39, 0.29) is 0 Å². The molecule has 0 heteroatoms. The summed E-state index contributed by atoms with van der Waals surface area (Å²) in [5, 5.41) is 0. The van der Waals surface area contributed by atoms with Gasteiger partial charge in [-0.2, -0.15) is 0 Å². The van der Waals surface area contributed by atoms with Gasteiger partial charge in [0.05, 0.1) is 0 Å². The van der Waals surface area contributed by atoms with Crippen molar-refractivity contribution in [3.63, 3.8) is 0 Å². The van der Waals surface area contributed by atoms with Gasteiger partial charge in [0, 0.05) is 0 Å². The number of allylic oxidation sites excluding steroid dienone is 5. The monoisotopic (exact) mass is 244 g/mol. The van der Waals surface area contributed by atoms with Gasteiger partial charge < -0.3 is 0 Å². The standard InChI is InChI=1S/C19H16/c1-2-8-16(9-3-1)14-18-12-6-7-13-19(18)15-17-10-4-5-11-17/h1-13,15H,14H2. The minimum Gasteiger partial charge on any atom is -0.0622 e. The summed E-state index contributed by atoms with van der Waals surface area (Å²) in [5.41, 5.74) is 5.29. The molecule has 0 spiro atoms. The third kappa shape index (κ3) is 2.92. The second-order valence-electron chi connectivity index (χ2n) is 4.72. The summed E-state index contributed by atoms with van der Waals surface area (Å²) >= 11 is 0. The Balaban J connectivity index is 1.92. The topological polar surface area (TPSA) is 0 Å². The van der Waals surface area contributed by atoms with Crippen LogP contribution < -0.4 is 0 Å². The molecule has 0 bridgehead atoms. The van der Waals surface area contributed by atoms with E-state index in [4.69, 9.17) is 0 Å². The maximum absolute atomic E-state index is 2.25. The highest BCUT2D eigenvalue weighted by atomic mass is 14.1. The van der Waals surface area contributed by atoms with Gasteiger partial charge in [0.15, 0.2) is 0 Å². The maximum atomic E-state index is 2.25. The zero-order valence-electron chi connectivity index (χ0n) is 10.8. The summed E-state index contributed by atoms with van der Waals surface area (Å²) in [6, 6.07) is 19.2. The van der Waals surface area contributed by atoms with E-state index in [2.05, 4.69) is 85.0 Å². The van der Waals surface area contributed by atoms with Crippen LogP contribution in [-0.4, -0.2) is 0 Å². The molecule has 0 radical (unpaired) electrons. The second-order valence-corrected chi connectivity index (χ2v) is 4.72. The fraction of sp³-hybridized carbons (Fsp3) is 0.0526. The minimum absolute atomic E-state index is 0.980. The summed E-state index contributed by atoms with van der Waals surface area (Å²) < 4.78 is 0. The molecule has 1 aliphatic rings. The first-order valence-electron chi connectivity index (χ1n) is 6.60. The molecule has 0 N–H and O–H groups in total.